The summed E-state index contributed by atoms with van der Waals surface area (Å²) in [5, 5.41) is 3.70. The van der Waals surface area contributed by atoms with Gasteiger partial charge in [0.05, 0.1) is 6.54 Å². The Hall–Kier alpha value is -0.650. The monoisotopic (exact) mass is 296 g/mol. The van der Waals surface area contributed by atoms with E-state index in [1.165, 1.54) is 51.7 Å². The van der Waals surface area contributed by atoms with E-state index in [2.05, 4.69) is 15.1 Å². The molecule has 2 fully saturated rings. The van der Waals surface area contributed by atoms with Crippen LogP contribution in [-0.4, -0.2) is 86.6 Å². The molecule has 0 aromatic rings. The first-order chi connectivity index (χ1) is 10.1. The van der Waals surface area contributed by atoms with Gasteiger partial charge in [-0.1, -0.05) is 6.42 Å². The maximum Gasteiger partial charge on any atom is 0.236 e. The summed E-state index contributed by atoms with van der Waals surface area (Å²) < 4.78 is 0. The normalized spacial score (nSPS) is 22.4. The summed E-state index contributed by atoms with van der Waals surface area (Å²) in [6.07, 6.45) is 6.49. The highest BCUT2D eigenvalue weighted by Gasteiger charge is 2.21. The number of piperidine rings is 2. The van der Waals surface area contributed by atoms with Gasteiger partial charge in [-0.05, 0) is 38.8 Å². The molecular weight excluding hydrogens is 264 g/mol. The van der Waals surface area contributed by atoms with Crippen LogP contribution in [0, 0.1) is 0 Å². The number of carbonyl (C=O) groups is 1. The Morgan fingerprint density at radius 1 is 1.05 bits per heavy atom. The molecule has 0 spiro atoms. The van der Waals surface area contributed by atoms with Crippen LogP contribution < -0.4 is 5.32 Å². The van der Waals surface area contributed by atoms with Crippen LogP contribution in [0.2, 0.25) is 0 Å². The van der Waals surface area contributed by atoms with Crippen molar-refractivity contribution < 1.29 is 4.79 Å². The second-order valence-corrected chi connectivity index (χ2v) is 6.70. The molecule has 5 heteroatoms. The highest BCUT2D eigenvalue weighted by Crippen LogP contribution is 2.11. The molecular formula is C16H32N4O. The van der Waals surface area contributed by atoms with E-state index in [0.29, 0.717) is 12.6 Å². The average molecular weight is 296 g/mol. The van der Waals surface area contributed by atoms with Crippen LogP contribution in [0.1, 0.15) is 32.1 Å². The van der Waals surface area contributed by atoms with Gasteiger partial charge >= 0.3 is 0 Å². The number of hydrogen-bond acceptors (Lipinski definition) is 4. The van der Waals surface area contributed by atoms with Crippen LogP contribution in [0.4, 0.5) is 0 Å². The fourth-order valence-electron chi connectivity index (χ4n) is 3.24. The molecule has 0 aliphatic carbocycles. The van der Waals surface area contributed by atoms with Crippen molar-refractivity contribution in [3.05, 3.63) is 0 Å². The van der Waals surface area contributed by atoms with Crippen molar-refractivity contribution >= 4 is 5.91 Å². The van der Waals surface area contributed by atoms with Crippen LogP contribution in [0.25, 0.3) is 0 Å². The van der Waals surface area contributed by atoms with Gasteiger partial charge in [0.15, 0.2) is 0 Å². The molecule has 2 saturated heterocycles. The molecule has 122 valence electrons. The molecule has 0 atom stereocenters. The van der Waals surface area contributed by atoms with Gasteiger partial charge in [0.25, 0.3) is 0 Å². The van der Waals surface area contributed by atoms with Crippen molar-refractivity contribution in [1.29, 1.82) is 0 Å². The van der Waals surface area contributed by atoms with Gasteiger partial charge in [-0.3, -0.25) is 9.69 Å². The highest BCUT2D eigenvalue weighted by molar-refractivity contribution is 5.77. The van der Waals surface area contributed by atoms with E-state index in [9.17, 15) is 4.79 Å². The standard InChI is InChI=1S/C16H32N4O/c1-18(2)16(21)14-20-11-6-15(7-12-20)17-8-13-19-9-4-3-5-10-19/h15,17H,3-14H2,1-2H3. The van der Waals surface area contributed by atoms with Crippen LogP contribution in [0.3, 0.4) is 0 Å². The summed E-state index contributed by atoms with van der Waals surface area (Å²) >= 11 is 0. The van der Waals surface area contributed by atoms with Crippen molar-refractivity contribution in [2.75, 3.05) is 59.9 Å². The Bertz CT molecular complexity index is 307. The first-order valence-corrected chi connectivity index (χ1v) is 8.53. The van der Waals surface area contributed by atoms with E-state index in [0.717, 1.165) is 19.6 Å². The molecule has 0 bridgehead atoms. The number of hydrogen-bond donors (Lipinski definition) is 1. The van der Waals surface area contributed by atoms with E-state index >= 15 is 0 Å². The molecule has 0 saturated carbocycles. The minimum absolute atomic E-state index is 0.214. The molecule has 2 aliphatic heterocycles. The van der Waals surface area contributed by atoms with Gasteiger partial charge in [0, 0.05) is 46.3 Å². The number of nitrogens with zero attached hydrogens (tertiary/aromatic N) is 3. The van der Waals surface area contributed by atoms with Crippen LogP contribution in [0.15, 0.2) is 0 Å². The highest BCUT2D eigenvalue weighted by atomic mass is 16.2. The van der Waals surface area contributed by atoms with E-state index in [4.69, 9.17) is 0 Å². The lowest BCUT2D eigenvalue weighted by Gasteiger charge is -2.33. The topological polar surface area (TPSA) is 38.8 Å². The number of rotatable bonds is 6. The number of amides is 1. The number of nitrogens with one attached hydrogen (secondary N) is 1. The summed E-state index contributed by atoms with van der Waals surface area (Å²) in [7, 11) is 3.66. The molecule has 2 heterocycles. The molecule has 1 amide bonds. The fourth-order valence-corrected chi connectivity index (χ4v) is 3.24. The summed E-state index contributed by atoms with van der Waals surface area (Å²) in [5.74, 6) is 0.214. The van der Waals surface area contributed by atoms with Crippen LogP contribution in [0.5, 0.6) is 0 Å². The van der Waals surface area contributed by atoms with Crippen LogP contribution in [-0.2, 0) is 4.79 Å². The summed E-state index contributed by atoms with van der Waals surface area (Å²) in [4.78, 5) is 18.3. The van der Waals surface area contributed by atoms with Gasteiger partial charge < -0.3 is 15.1 Å². The molecule has 0 aromatic carbocycles. The Kier molecular flexibility index (Phi) is 6.93. The van der Waals surface area contributed by atoms with Crippen LogP contribution >= 0.6 is 0 Å². The smallest absolute Gasteiger partial charge is 0.236 e. The molecule has 0 radical (unpaired) electrons. The van der Waals surface area contributed by atoms with E-state index in [1.54, 1.807) is 4.90 Å². The van der Waals surface area contributed by atoms with Crippen molar-refractivity contribution in [3.8, 4) is 0 Å². The molecule has 21 heavy (non-hydrogen) atoms. The van der Waals surface area contributed by atoms with E-state index < -0.39 is 0 Å². The van der Waals surface area contributed by atoms with Gasteiger partial charge in [-0.2, -0.15) is 0 Å². The molecule has 0 unspecified atom stereocenters. The Labute approximate surface area is 129 Å². The predicted molar refractivity (Wildman–Crippen MR) is 86.4 cm³/mol. The minimum Gasteiger partial charge on any atom is -0.348 e. The lowest BCUT2D eigenvalue weighted by Crippen LogP contribution is -2.47. The predicted octanol–water partition coefficient (Wildman–Crippen LogP) is 0.615. The zero-order valence-corrected chi connectivity index (χ0v) is 13.8. The van der Waals surface area contributed by atoms with Gasteiger partial charge in [0.2, 0.25) is 5.91 Å². The molecule has 5 nitrogen and oxygen atoms in total. The molecule has 2 aliphatic rings. The third-order valence-corrected chi connectivity index (χ3v) is 4.75. The summed E-state index contributed by atoms with van der Waals surface area (Å²) in [6.45, 7) is 7.54. The third-order valence-electron chi connectivity index (χ3n) is 4.75. The molecule has 1 N–H and O–H groups in total. The van der Waals surface area contributed by atoms with Gasteiger partial charge in [0.1, 0.15) is 0 Å². The van der Waals surface area contributed by atoms with Crippen molar-refractivity contribution in [1.82, 2.24) is 20.0 Å². The van der Waals surface area contributed by atoms with Crippen molar-refractivity contribution in [2.45, 2.75) is 38.1 Å². The lowest BCUT2D eigenvalue weighted by molar-refractivity contribution is -0.130. The minimum atomic E-state index is 0.214. The van der Waals surface area contributed by atoms with Crippen molar-refractivity contribution in [2.24, 2.45) is 0 Å². The maximum atomic E-state index is 11.7. The average Bonchev–Trinajstić information content (AvgIpc) is 2.50. The quantitative estimate of drug-likeness (QED) is 0.780. The second-order valence-electron chi connectivity index (χ2n) is 6.70. The van der Waals surface area contributed by atoms with E-state index in [-0.39, 0.29) is 5.91 Å². The lowest BCUT2D eigenvalue weighted by atomic mass is 10.0. The zero-order valence-electron chi connectivity index (χ0n) is 13.8. The first-order valence-electron chi connectivity index (χ1n) is 8.53. The molecule has 0 aromatic heterocycles. The number of carbonyl (C=O) groups excluding carboxylic acids is 1. The zero-order chi connectivity index (χ0) is 15.1. The van der Waals surface area contributed by atoms with Gasteiger partial charge in [-0.15, -0.1) is 0 Å². The first kappa shape index (κ1) is 16.7. The summed E-state index contributed by atoms with van der Waals surface area (Å²) in [5.41, 5.74) is 0. The molecule has 2 rings (SSSR count). The Morgan fingerprint density at radius 2 is 1.71 bits per heavy atom. The Balaban J connectivity index is 1.55. The van der Waals surface area contributed by atoms with E-state index in [1.807, 2.05) is 14.1 Å². The van der Waals surface area contributed by atoms with Crippen molar-refractivity contribution in [3.63, 3.8) is 0 Å². The number of likely N-dealkylation sites (N-methyl/N-ethyl adjacent to an activating group) is 1. The largest absolute Gasteiger partial charge is 0.348 e. The van der Waals surface area contributed by atoms with Gasteiger partial charge in [-0.25, -0.2) is 0 Å². The fraction of sp³-hybridized carbons (Fsp3) is 0.938. The second kappa shape index (κ2) is 8.71. The SMILES string of the molecule is CN(C)C(=O)CN1CCC(NCCN2CCCCC2)CC1. The number of likely N-dealkylation sites (tertiary alicyclic amines) is 2. The summed E-state index contributed by atoms with van der Waals surface area (Å²) in [6, 6.07) is 0.639. The Morgan fingerprint density at radius 3 is 2.33 bits per heavy atom. The third kappa shape index (κ3) is 5.93. The maximum absolute atomic E-state index is 11.7.